The van der Waals surface area contributed by atoms with E-state index >= 15 is 0 Å². The Kier molecular flexibility index (Phi) is 2.89. The number of rotatable bonds is 4. The Labute approximate surface area is 118 Å². The molecular formula is C16H19N3O. The van der Waals surface area contributed by atoms with E-state index < -0.39 is 0 Å². The lowest BCUT2D eigenvalue weighted by molar-refractivity contribution is 0.0948. The molecule has 0 aliphatic heterocycles. The first-order valence-corrected chi connectivity index (χ1v) is 6.88. The monoisotopic (exact) mass is 269 g/mol. The van der Waals surface area contributed by atoms with Gasteiger partial charge in [-0.1, -0.05) is 44.2 Å². The molecule has 1 amide bonds. The van der Waals surface area contributed by atoms with E-state index in [0.717, 1.165) is 6.42 Å². The Morgan fingerprint density at radius 1 is 1.35 bits per heavy atom. The summed E-state index contributed by atoms with van der Waals surface area (Å²) >= 11 is 0. The van der Waals surface area contributed by atoms with Crippen LogP contribution >= 0.6 is 0 Å². The molecule has 1 heterocycles. The normalized spacial score (nSPS) is 23.3. The van der Waals surface area contributed by atoms with Crippen molar-refractivity contribution in [2.45, 2.75) is 25.7 Å². The molecule has 1 atom stereocenters. The van der Waals surface area contributed by atoms with Crippen molar-refractivity contribution in [3.63, 3.8) is 0 Å². The van der Waals surface area contributed by atoms with Crippen LogP contribution < -0.4 is 5.32 Å². The Morgan fingerprint density at radius 2 is 2.05 bits per heavy atom. The maximum atomic E-state index is 12.1. The molecule has 0 unspecified atom stereocenters. The van der Waals surface area contributed by atoms with Gasteiger partial charge in [0.2, 0.25) is 0 Å². The third kappa shape index (κ3) is 2.01. The zero-order valence-electron chi connectivity index (χ0n) is 11.8. The summed E-state index contributed by atoms with van der Waals surface area (Å²) in [6.45, 7) is 5.17. The fourth-order valence-corrected chi connectivity index (χ4v) is 3.07. The van der Waals surface area contributed by atoms with Crippen LogP contribution in [0.2, 0.25) is 0 Å². The minimum Gasteiger partial charge on any atom is -0.351 e. The predicted molar refractivity (Wildman–Crippen MR) is 77.4 cm³/mol. The Balaban J connectivity index is 1.76. The minimum atomic E-state index is -0.0724. The second kappa shape index (κ2) is 4.47. The van der Waals surface area contributed by atoms with Crippen LogP contribution in [-0.4, -0.2) is 22.6 Å². The van der Waals surface area contributed by atoms with Crippen molar-refractivity contribution in [1.29, 1.82) is 0 Å². The maximum Gasteiger partial charge on any atom is 0.254 e. The third-order valence-corrected chi connectivity index (χ3v) is 4.55. The average Bonchev–Trinajstić information content (AvgIpc) is 2.85. The molecule has 2 aromatic rings. The number of nitrogens with one attached hydrogen (secondary N) is 2. The van der Waals surface area contributed by atoms with Crippen molar-refractivity contribution in [3.8, 4) is 0 Å². The van der Waals surface area contributed by atoms with Gasteiger partial charge in [-0.2, -0.15) is 5.10 Å². The fourth-order valence-electron chi connectivity index (χ4n) is 3.07. The number of hydrogen-bond acceptors (Lipinski definition) is 2. The highest BCUT2D eigenvalue weighted by atomic mass is 16.1. The number of nitrogens with zero attached hydrogens (tertiary/aromatic N) is 1. The number of benzene rings is 1. The molecule has 4 heteroatoms. The quantitative estimate of drug-likeness (QED) is 0.896. The summed E-state index contributed by atoms with van der Waals surface area (Å²) in [5.41, 5.74) is 2.15. The van der Waals surface area contributed by atoms with Gasteiger partial charge in [0.05, 0.1) is 11.8 Å². The number of H-pyrrole nitrogens is 1. The van der Waals surface area contributed by atoms with Gasteiger partial charge in [-0.15, -0.1) is 0 Å². The molecule has 1 aromatic carbocycles. The number of aromatic nitrogens is 2. The van der Waals surface area contributed by atoms with Crippen molar-refractivity contribution in [2.24, 2.45) is 5.41 Å². The number of hydrogen-bond donors (Lipinski definition) is 2. The van der Waals surface area contributed by atoms with Gasteiger partial charge in [-0.05, 0) is 17.4 Å². The summed E-state index contributed by atoms with van der Waals surface area (Å²) in [6.07, 6.45) is 4.25. The molecule has 0 saturated heterocycles. The van der Waals surface area contributed by atoms with E-state index in [1.165, 1.54) is 5.56 Å². The van der Waals surface area contributed by atoms with E-state index in [4.69, 9.17) is 0 Å². The summed E-state index contributed by atoms with van der Waals surface area (Å²) in [5.74, 6) is -0.0724. The molecule has 2 N–H and O–H groups in total. The van der Waals surface area contributed by atoms with E-state index in [2.05, 4.69) is 53.6 Å². The average molecular weight is 269 g/mol. The summed E-state index contributed by atoms with van der Waals surface area (Å²) < 4.78 is 0. The molecular weight excluding hydrogens is 250 g/mol. The van der Waals surface area contributed by atoms with Gasteiger partial charge in [0, 0.05) is 18.2 Å². The molecule has 104 valence electrons. The third-order valence-electron chi connectivity index (χ3n) is 4.55. The molecule has 0 spiro atoms. The SMILES string of the molecule is CC1(C)C[C@@]1(CNC(=O)c1cn[nH]c1)c1ccccc1. The van der Waals surface area contributed by atoms with Gasteiger partial charge in [-0.25, -0.2) is 0 Å². The van der Waals surface area contributed by atoms with Gasteiger partial charge in [-0.3, -0.25) is 9.89 Å². The lowest BCUT2D eigenvalue weighted by Gasteiger charge is -2.21. The van der Waals surface area contributed by atoms with Gasteiger partial charge in [0.15, 0.2) is 0 Å². The number of carbonyl (C=O) groups excluding carboxylic acids is 1. The zero-order valence-corrected chi connectivity index (χ0v) is 11.8. The van der Waals surface area contributed by atoms with Crippen molar-refractivity contribution in [2.75, 3.05) is 6.54 Å². The van der Waals surface area contributed by atoms with Crippen LogP contribution in [0.1, 0.15) is 36.2 Å². The standard InChI is InChI=1S/C16H19N3O/c1-15(2)10-16(15,13-6-4-3-5-7-13)11-17-14(20)12-8-18-19-9-12/h3-9H,10-11H2,1-2H3,(H,17,20)(H,18,19)/t16-/m1/s1. The molecule has 1 aliphatic carbocycles. The van der Waals surface area contributed by atoms with Crippen LogP contribution in [0.4, 0.5) is 0 Å². The van der Waals surface area contributed by atoms with E-state index in [1.807, 2.05) is 6.07 Å². The van der Waals surface area contributed by atoms with E-state index in [1.54, 1.807) is 12.4 Å². The summed E-state index contributed by atoms with van der Waals surface area (Å²) in [6, 6.07) is 10.4. The highest BCUT2D eigenvalue weighted by Gasteiger charge is 2.61. The van der Waals surface area contributed by atoms with Crippen molar-refractivity contribution in [3.05, 3.63) is 53.9 Å². The first-order valence-electron chi connectivity index (χ1n) is 6.88. The van der Waals surface area contributed by atoms with Crippen LogP contribution in [0.15, 0.2) is 42.7 Å². The van der Waals surface area contributed by atoms with Crippen LogP contribution in [0.5, 0.6) is 0 Å². The van der Waals surface area contributed by atoms with E-state index in [-0.39, 0.29) is 16.7 Å². The predicted octanol–water partition coefficient (Wildman–Crippen LogP) is 2.51. The summed E-state index contributed by atoms with van der Waals surface area (Å²) in [5, 5.41) is 9.51. The second-order valence-corrected chi connectivity index (χ2v) is 6.18. The Hall–Kier alpha value is -2.10. The number of amides is 1. The highest BCUT2D eigenvalue weighted by molar-refractivity contribution is 5.93. The largest absolute Gasteiger partial charge is 0.351 e. The van der Waals surface area contributed by atoms with Gasteiger partial charge in [0.1, 0.15) is 0 Å². The topological polar surface area (TPSA) is 57.8 Å². The second-order valence-electron chi connectivity index (χ2n) is 6.18. The highest BCUT2D eigenvalue weighted by Crippen LogP contribution is 2.63. The van der Waals surface area contributed by atoms with Gasteiger partial charge < -0.3 is 5.32 Å². The first kappa shape index (κ1) is 12.9. The first-order chi connectivity index (χ1) is 9.55. The molecule has 0 bridgehead atoms. The lowest BCUT2D eigenvalue weighted by atomic mass is 9.88. The van der Waals surface area contributed by atoms with Gasteiger partial charge in [0.25, 0.3) is 5.91 Å². The number of aromatic amines is 1. The fraction of sp³-hybridized carbons (Fsp3) is 0.375. The maximum absolute atomic E-state index is 12.1. The number of carbonyl (C=O) groups is 1. The smallest absolute Gasteiger partial charge is 0.254 e. The zero-order chi connectivity index (χ0) is 14.2. The van der Waals surface area contributed by atoms with Crippen molar-refractivity contribution < 1.29 is 4.79 Å². The van der Waals surface area contributed by atoms with Crippen LogP contribution in [-0.2, 0) is 5.41 Å². The Bertz CT molecular complexity index is 604. The molecule has 3 rings (SSSR count). The Morgan fingerprint density at radius 3 is 2.60 bits per heavy atom. The van der Waals surface area contributed by atoms with Crippen LogP contribution in [0.3, 0.4) is 0 Å². The molecule has 20 heavy (non-hydrogen) atoms. The summed E-state index contributed by atoms with van der Waals surface area (Å²) in [7, 11) is 0. The van der Waals surface area contributed by atoms with Crippen molar-refractivity contribution in [1.82, 2.24) is 15.5 Å². The van der Waals surface area contributed by atoms with E-state index in [0.29, 0.717) is 12.1 Å². The molecule has 1 aromatic heterocycles. The van der Waals surface area contributed by atoms with Gasteiger partial charge >= 0.3 is 0 Å². The van der Waals surface area contributed by atoms with Crippen molar-refractivity contribution >= 4 is 5.91 Å². The molecule has 1 saturated carbocycles. The minimum absolute atomic E-state index is 0.0493. The molecule has 1 fully saturated rings. The van der Waals surface area contributed by atoms with E-state index in [9.17, 15) is 4.79 Å². The summed E-state index contributed by atoms with van der Waals surface area (Å²) in [4.78, 5) is 12.1. The molecule has 0 radical (unpaired) electrons. The molecule has 1 aliphatic rings. The van der Waals surface area contributed by atoms with Crippen LogP contribution in [0.25, 0.3) is 0 Å². The molecule has 4 nitrogen and oxygen atoms in total. The lowest BCUT2D eigenvalue weighted by Crippen LogP contribution is -2.34. The van der Waals surface area contributed by atoms with Crippen LogP contribution in [0, 0.1) is 5.41 Å².